The van der Waals surface area contributed by atoms with Gasteiger partial charge in [-0.25, -0.2) is 18.4 Å². The zero-order valence-corrected chi connectivity index (χ0v) is 32.8. The summed E-state index contributed by atoms with van der Waals surface area (Å²) >= 11 is 23.9. The van der Waals surface area contributed by atoms with E-state index in [1.54, 1.807) is 26.0 Å². The molecule has 1 unspecified atom stereocenters. The summed E-state index contributed by atoms with van der Waals surface area (Å²) in [5.74, 6) is -2.62. The third-order valence-electron chi connectivity index (χ3n) is 7.53. The van der Waals surface area contributed by atoms with Crippen LogP contribution in [0.15, 0.2) is 64.3 Å². The van der Waals surface area contributed by atoms with E-state index in [9.17, 15) is 36.0 Å². The lowest BCUT2D eigenvalue weighted by Gasteiger charge is -2.12. The number of benzene rings is 3. The lowest BCUT2D eigenvalue weighted by molar-refractivity contribution is -0.142. The van der Waals surface area contributed by atoms with Gasteiger partial charge in [0.05, 0.1) is 17.3 Å². The predicted molar refractivity (Wildman–Crippen MR) is 196 cm³/mol. The van der Waals surface area contributed by atoms with Crippen LogP contribution in [-0.4, -0.2) is 56.3 Å². The largest absolute Gasteiger partial charge is 0.465 e. The van der Waals surface area contributed by atoms with Crippen molar-refractivity contribution in [3.05, 3.63) is 120 Å². The fraction of sp³-hybridized carbons (Fsp3) is 0.265. The third kappa shape index (κ3) is 9.47. The van der Waals surface area contributed by atoms with E-state index in [1.165, 1.54) is 49.0 Å². The van der Waals surface area contributed by atoms with Crippen LogP contribution in [0.4, 0.5) is 13.2 Å². The minimum absolute atomic E-state index is 0.0161. The maximum absolute atomic E-state index is 14.2. The summed E-state index contributed by atoms with van der Waals surface area (Å²) in [6.45, 7) is 3.23. The molecule has 5 rings (SSSR count). The number of carbonyl (C=O) groups excluding carboxylic acids is 2. The highest BCUT2D eigenvalue weighted by Gasteiger charge is 2.29. The van der Waals surface area contributed by atoms with Crippen molar-refractivity contribution in [2.45, 2.75) is 50.9 Å². The van der Waals surface area contributed by atoms with Crippen molar-refractivity contribution >= 4 is 68.3 Å². The topological polar surface area (TPSA) is 144 Å². The summed E-state index contributed by atoms with van der Waals surface area (Å²) in [5.41, 5.74) is 0.0349. The monoisotopic (exact) mass is 849 g/mol. The van der Waals surface area contributed by atoms with Crippen molar-refractivity contribution in [3.8, 4) is 11.6 Å². The van der Waals surface area contributed by atoms with Crippen LogP contribution in [0.1, 0.15) is 52.0 Å². The van der Waals surface area contributed by atoms with Gasteiger partial charge < -0.3 is 8.92 Å². The Morgan fingerprint density at radius 1 is 0.944 bits per heavy atom. The van der Waals surface area contributed by atoms with Gasteiger partial charge in [-0.3, -0.25) is 9.59 Å². The number of ketones is 1. The van der Waals surface area contributed by atoms with E-state index in [2.05, 4.69) is 10.2 Å². The van der Waals surface area contributed by atoms with E-state index >= 15 is 0 Å². The third-order valence-corrected chi connectivity index (χ3v) is 9.99. The van der Waals surface area contributed by atoms with Crippen LogP contribution in [0.25, 0.3) is 5.69 Å². The summed E-state index contributed by atoms with van der Waals surface area (Å²) in [6, 6.07) is 12.6. The zero-order chi connectivity index (χ0) is 40.2. The smallest absolute Gasteiger partial charge is 0.355 e. The Bertz CT molecular complexity index is 2380. The van der Waals surface area contributed by atoms with Gasteiger partial charge in [-0.05, 0) is 75.7 Å². The van der Waals surface area contributed by atoms with E-state index < -0.39 is 45.3 Å². The van der Waals surface area contributed by atoms with Crippen molar-refractivity contribution in [2.75, 3.05) is 6.61 Å². The molecule has 0 aliphatic heterocycles. The molecule has 0 fully saturated rings. The minimum atomic E-state index is -4.16. The maximum Gasteiger partial charge on any atom is 0.355 e. The van der Waals surface area contributed by atoms with E-state index in [4.69, 9.17) is 55.3 Å². The van der Waals surface area contributed by atoms with Crippen molar-refractivity contribution in [1.82, 2.24) is 24.1 Å². The van der Waals surface area contributed by atoms with Gasteiger partial charge in [0.25, 0.3) is 0 Å². The van der Waals surface area contributed by atoms with Crippen molar-refractivity contribution in [1.29, 1.82) is 0 Å². The average Bonchev–Trinajstić information content (AvgIpc) is 3.54. The lowest BCUT2D eigenvalue weighted by atomic mass is 10.0. The Hall–Kier alpha value is -4.35. The van der Waals surface area contributed by atoms with E-state index in [-0.39, 0.29) is 66.6 Å². The Morgan fingerprint density at radius 2 is 1.59 bits per heavy atom. The van der Waals surface area contributed by atoms with Gasteiger partial charge in [-0.2, -0.15) is 27.0 Å². The van der Waals surface area contributed by atoms with E-state index in [0.29, 0.717) is 15.4 Å². The molecule has 2 aromatic heterocycles. The molecule has 0 spiro atoms. The number of alkyl halides is 3. The highest BCUT2D eigenvalue weighted by atomic mass is 35.5. The second-order valence-corrected chi connectivity index (χ2v) is 14.7. The predicted octanol–water partition coefficient (Wildman–Crippen LogP) is 7.59. The van der Waals surface area contributed by atoms with Gasteiger partial charge in [-0.15, -0.1) is 16.7 Å². The van der Waals surface area contributed by atoms with Crippen LogP contribution in [-0.2, 0) is 33.1 Å². The summed E-state index contributed by atoms with van der Waals surface area (Å²) in [5, 5.41) is 7.18. The Morgan fingerprint density at radius 3 is 2.17 bits per heavy atom. The second-order valence-electron chi connectivity index (χ2n) is 11.4. The molecular weight excluding hydrogens is 821 g/mol. The number of nitrogens with zero attached hydrogens (tertiary/aromatic N) is 5. The molecule has 12 nitrogen and oxygen atoms in total. The molecule has 0 saturated carbocycles. The van der Waals surface area contributed by atoms with E-state index in [0.717, 1.165) is 17.7 Å². The molecule has 2 heterocycles. The number of halogens is 7. The minimum Gasteiger partial charge on any atom is -0.465 e. The highest BCUT2D eigenvalue weighted by molar-refractivity contribution is 7.87. The molecule has 0 radical (unpaired) electrons. The summed E-state index contributed by atoms with van der Waals surface area (Å²) in [7, 11) is -2.67. The molecule has 0 N–H and O–H groups in total. The van der Waals surface area contributed by atoms with Crippen LogP contribution in [0.5, 0.6) is 5.88 Å². The van der Waals surface area contributed by atoms with Crippen LogP contribution in [0.2, 0.25) is 15.1 Å². The first kappa shape index (κ1) is 42.4. The van der Waals surface area contributed by atoms with Gasteiger partial charge in [0, 0.05) is 29.1 Å². The number of carbonyl (C=O) groups is 2. The number of aromatic nitrogens is 5. The molecule has 288 valence electrons. The maximum atomic E-state index is 14.2. The number of hydrogen-bond acceptors (Lipinski definition) is 9. The fourth-order valence-electron chi connectivity index (χ4n) is 4.93. The standard InChI is InChI=1S/C19H16Cl2N2O4S.C15H14Cl2F3N3O3/c1-11-4-7-14(8-5-11)28(25,26)27-19-17(12(2)22-23(19)3)18(24)15-9-6-13(20)10-16(15)21;1-3-26-13(24)10(17)4-8-5-12(11(18)6-9(8)16)23-15(25)22(14(19)20)7(2)21-23/h4-10H,1-3H3;5-6,10,14H,3-4H2,1-2H3. The molecule has 0 bridgehead atoms. The highest BCUT2D eigenvalue weighted by Crippen LogP contribution is 2.31. The molecule has 3 aromatic carbocycles. The summed E-state index contributed by atoms with van der Waals surface area (Å²) in [4.78, 5) is 36.7. The molecule has 0 aliphatic carbocycles. The number of rotatable bonds is 11. The average molecular weight is 852 g/mol. The number of ether oxygens (including phenoxy) is 1. The molecule has 1 atom stereocenters. The zero-order valence-electron chi connectivity index (χ0n) is 28.9. The molecule has 5 aromatic rings. The van der Waals surface area contributed by atoms with Crippen molar-refractivity contribution in [2.24, 2.45) is 7.05 Å². The van der Waals surface area contributed by atoms with Crippen LogP contribution in [0, 0.1) is 26.6 Å². The molecule has 0 saturated heterocycles. The van der Waals surface area contributed by atoms with E-state index in [1.807, 2.05) is 6.92 Å². The quantitative estimate of drug-likeness (QED) is 0.0569. The first-order valence-electron chi connectivity index (χ1n) is 15.6. The van der Waals surface area contributed by atoms with Crippen molar-refractivity contribution < 1.29 is 40.1 Å². The lowest BCUT2D eigenvalue weighted by Crippen LogP contribution is -2.25. The SMILES string of the molecule is CCOC(=O)C(Cl)Cc1cc(-n2nc(C)n(C(F)F)c2=O)c(F)cc1Cl.Cc1ccc(S(=O)(=O)Oc2c(C(=O)c3ccc(Cl)cc3Cl)c(C)nn2C)cc1. The van der Waals surface area contributed by atoms with Gasteiger partial charge >= 0.3 is 28.3 Å². The Kier molecular flexibility index (Phi) is 13.7. The van der Waals surface area contributed by atoms with Gasteiger partial charge in [0.15, 0.2) is 5.82 Å². The molecule has 0 aliphatic rings. The van der Waals surface area contributed by atoms with Crippen LogP contribution >= 0.6 is 46.4 Å². The van der Waals surface area contributed by atoms with Crippen LogP contribution < -0.4 is 9.87 Å². The van der Waals surface area contributed by atoms with Gasteiger partial charge in [0.1, 0.15) is 27.3 Å². The normalized spacial score (nSPS) is 11.9. The molecule has 0 amide bonds. The second kappa shape index (κ2) is 17.4. The molecule has 20 heteroatoms. The molecular formula is C34H30Cl4F3N5O7S. The Balaban J connectivity index is 0.000000241. The number of aryl methyl sites for hydroxylation is 4. The summed E-state index contributed by atoms with van der Waals surface area (Å²) in [6.07, 6.45) is -0.115. The van der Waals surface area contributed by atoms with Crippen LogP contribution in [0.3, 0.4) is 0 Å². The number of esters is 1. The summed E-state index contributed by atoms with van der Waals surface area (Å²) < 4.78 is 77.4. The molecule has 54 heavy (non-hydrogen) atoms. The number of hydrogen-bond donors (Lipinski definition) is 0. The van der Waals surface area contributed by atoms with Crippen molar-refractivity contribution in [3.63, 3.8) is 0 Å². The first-order chi connectivity index (χ1) is 25.3. The Labute approximate surface area is 327 Å². The first-order valence-corrected chi connectivity index (χ1v) is 18.5. The van der Waals surface area contributed by atoms with Gasteiger partial charge in [-0.1, -0.05) is 52.5 Å². The van der Waals surface area contributed by atoms with Gasteiger partial charge in [0.2, 0.25) is 11.7 Å². The fourth-order valence-corrected chi connectivity index (χ4v) is 6.84.